The zero-order valence-corrected chi connectivity index (χ0v) is 14.7. The molecule has 0 saturated heterocycles. The van der Waals surface area contributed by atoms with E-state index in [1.165, 1.54) is 0 Å². The lowest BCUT2D eigenvalue weighted by Crippen LogP contribution is -2.20. The van der Waals surface area contributed by atoms with Gasteiger partial charge in [0.05, 0.1) is 25.0 Å². The van der Waals surface area contributed by atoms with Gasteiger partial charge in [-0.05, 0) is 43.3 Å². The van der Waals surface area contributed by atoms with Gasteiger partial charge in [0, 0.05) is 30.7 Å². The number of aryl methyl sites for hydroxylation is 1. The number of hydrogen-bond donors (Lipinski definition) is 2. The van der Waals surface area contributed by atoms with Crippen LogP contribution in [0.25, 0.3) is 5.69 Å². The van der Waals surface area contributed by atoms with Gasteiger partial charge in [0.1, 0.15) is 5.82 Å². The maximum Gasteiger partial charge on any atom is 0.110 e. The first-order valence-corrected chi connectivity index (χ1v) is 8.43. The van der Waals surface area contributed by atoms with Crippen LogP contribution in [0.15, 0.2) is 60.8 Å². The Morgan fingerprint density at radius 3 is 2.48 bits per heavy atom. The minimum atomic E-state index is 0.152. The molecule has 25 heavy (non-hydrogen) atoms. The maximum atomic E-state index is 9.02. The Hall–Kier alpha value is -2.79. The molecule has 130 valence electrons. The Labute approximate surface area is 148 Å². The van der Waals surface area contributed by atoms with Gasteiger partial charge in [-0.25, -0.2) is 4.98 Å². The Morgan fingerprint density at radius 1 is 1.08 bits per heavy atom. The van der Waals surface area contributed by atoms with Crippen LogP contribution in [0, 0.1) is 6.92 Å². The van der Waals surface area contributed by atoms with E-state index in [0.29, 0.717) is 13.1 Å². The highest BCUT2D eigenvalue weighted by atomic mass is 16.3. The van der Waals surface area contributed by atoms with E-state index < -0.39 is 0 Å². The topological polar surface area (TPSA) is 53.3 Å². The first-order chi connectivity index (χ1) is 12.2. The number of benzene rings is 2. The van der Waals surface area contributed by atoms with Gasteiger partial charge in [-0.2, -0.15) is 0 Å². The van der Waals surface area contributed by atoms with Crippen molar-refractivity contribution in [3.63, 3.8) is 0 Å². The molecular weight excluding hydrogens is 312 g/mol. The average Bonchev–Trinajstić information content (AvgIpc) is 3.02. The summed E-state index contributed by atoms with van der Waals surface area (Å²) in [6, 6.07) is 18.5. The van der Waals surface area contributed by atoms with Crippen molar-refractivity contribution in [1.82, 2.24) is 9.55 Å². The second-order valence-electron chi connectivity index (χ2n) is 6.01. The Kier molecular flexibility index (Phi) is 5.36. The number of likely N-dealkylation sites (N-methyl/N-ethyl adjacent to an activating group) is 1. The third-order valence-electron chi connectivity index (χ3n) is 4.24. The van der Waals surface area contributed by atoms with Gasteiger partial charge in [-0.3, -0.25) is 4.57 Å². The van der Waals surface area contributed by atoms with E-state index >= 15 is 0 Å². The fourth-order valence-corrected chi connectivity index (χ4v) is 2.85. The summed E-state index contributed by atoms with van der Waals surface area (Å²) in [6.07, 6.45) is 1.92. The van der Waals surface area contributed by atoms with E-state index in [2.05, 4.69) is 51.3 Å². The van der Waals surface area contributed by atoms with Gasteiger partial charge >= 0.3 is 0 Å². The van der Waals surface area contributed by atoms with Crippen LogP contribution in [0.5, 0.6) is 0 Å². The largest absolute Gasteiger partial charge is 0.395 e. The van der Waals surface area contributed by atoms with Crippen LogP contribution in [0.4, 0.5) is 11.4 Å². The first-order valence-electron chi connectivity index (χ1n) is 8.43. The van der Waals surface area contributed by atoms with Gasteiger partial charge < -0.3 is 15.3 Å². The van der Waals surface area contributed by atoms with Crippen LogP contribution in [-0.2, 0) is 6.54 Å². The fourth-order valence-electron chi connectivity index (χ4n) is 2.85. The van der Waals surface area contributed by atoms with Crippen molar-refractivity contribution < 1.29 is 5.11 Å². The van der Waals surface area contributed by atoms with Crippen molar-refractivity contribution in [1.29, 1.82) is 0 Å². The SMILES string of the molecule is Cc1ncc(CNc2ccc(N(C)CCO)cc2)n1-c1ccccc1. The third kappa shape index (κ3) is 4.00. The predicted molar refractivity (Wildman–Crippen MR) is 102 cm³/mol. The standard InChI is InChI=1S/C20H24N4O/c1-16-21-14-20(24(16)19-6-4-3-5-7-19)15-22-17-8-10-18(11-9-17)23(2)12-13-25/h3-11,14,22,25H,12-13,15H2,1-2H3. The van der Waals surface area contributed by atoms with Crippen LogP contribution < -0.4 is 10.2 Å². The van der Waals surface area contributed by atoms with E-state index in [9.17, 15) is 0 Å². The zero-order chi connectivity index (χ0) is 17.6. The summed E-state index contributed by atoms with van der Waals surface area (Å²) in [5.41, 5.74) is 4.38. The van der Waals surface area contributed by atoms with E-state index in [0.717, 1.165) is 28.6 Å². The summed E-state index contributed by atoms with van der Waals surface area (Å²) in [6.45, 7) is 3.49. The smallest absolute Gasteiger partial charge is 0.110 e. The summed E-state index contributed by atoms with van der Waals surface area (Å²) < 4.78 is 2.16. The molecule has 5 nitrogen and oxygen atoms in total. The summed E-state index contributed by atoms with van der Waals surface area (Å²) >= 11 is 0. The number of nitrogens with zero attached hydrogens (tertiary/aromatic N) is 3. The summed E-state index contributed by atoms with van der Waals surface area (Å²) in [4.78, 5) is 6.48. The molecule has 3 aromatic rings. The molecule has 0 bridgehead atoms. The molecule has 0 unspecified atom stereocenters. The van der Waals surface area contributed by atoms with Crippen molar-refractivity contribution in [3.05, 3.63) is 72.3 Å². The number of aliphatic hydroxyl groups is 1. The molecule has 0 fully saturated rings. The van der Waals surface area contributed by atoms with Gasteiger partial charge in [0.2, 0.25) is 0 Å². The van der Waals surface area contributed by atoms with Crippen LogP contribution in [0.1, 0.15) is 11.5 Å². The van der Waals surface area contributed by atoms with Crippen molar-refractivity contribution >= 4 is 11.4 Å². The summed E-state index contributed by atoms with van der Waals surface area (Å²) in [5.74, 6) is 0.976. The quantitative estimate of drug-likeness (QED) is 0.695. The molecule has 1 heterocycles. The number of aromatic nitrogens is 2. The molecule has 3 rings (SSSR count). The monoisotopic (exact) mass is 336 g/mol. The molecule has 0 spiro atoms. The Bertz CT molecular complexity index is 796. The van der Waals surface area contributed by atoms with Crippen molar-refractivity contribution in [2.75, 3.05) is 30.4 Å². The van der Waals surface area contributed by atoms with Crippen LogP contribution in [-0.4, -0.2) is 34.9 Å². The zero-order valence-electron chi connectivity index (χ0n) is 14.7. The highest BCUT2D eigenvalue weighted by Gasteiger charge is 2.08. The van der Waals surface area contributed by atoms with E-state index in [1.54, 1.807) is 0 Å². The normalized spacial score (nSPS) is 10.7. The third-order valence-corrected chi connectivity index (χ3v) is 4.24. The maximum absolute atomic E-state index is 9.02. The lowest BCUT2D eigenvalue weighted by molar-refractivity contribution is 0.304. The molecule has 0 atom stereocenters. The Balaban J connectivity index is 1.70. The van der Waals surface area contributed by atoms with Crippen LogP contribution in [0.3, 0.4) is 0 Å². The molecule has 5 heteroatoms. The summed E-state index contributed by atoms with van der Waals surface area (Å²) in [5, 5.41) is 12.5. The minimum Gasteiger partial charge on any atom is -0.395 e. The number of imidazole rings is 1. The molecule has 0 amide bonds. The lowest BCUT2D eigenvalue weighted by atomic mass is 10.2. The molecule has 2 N–H and O–H groups in total. The highest BCUT2D eigenvalue weighted by Crippen LogP contribution is 2.19. The number of para-hydroxylation sites is 1. The molecule has 2 aromatic carbocycles. The van der Waals surface area contributed by atoms with Gasteiger partial charge in [-0.1, -0.05) is 18.2 Å². The number of rotatable bonds is 7. The summed E-state index contributed by atoms with van der Waals surface area (Å²) in [7, 11) is 1.97. The second-order valence-corrected chi connectivity index (χ2v) is 6.01. The molecule has 0 aliphatic heterocycles. The predicted octanol–water partition coefficient (Wildman–Crippen LogP) is 3.22. The number of anilines is 2. The fraction of sp³-hybridized carbons (Fsp3) is 0.250. The van der Waals surface area contributed by atoms with Gasteiger partial charge in [0.25, 0.3) is 0 Å². The number of aliphatic hydroxyl groups excluding tert-OH is 1. The first kappa shape index (κ1) is 17.0. The molecule has 0 saturated carbocycles. The highest BCUT2D eigenvalue weighted by molar-refractivity contribution is 5.55. The van der Waals surface area contributed by atoms with Crippen molar-refractivity contribution in [2.45, 2.75) is 13.5 Å². The van der Waals surface area contributed by atoms with E-state index in [4.69, 9.17) is 5.11 Å². The van der Waals surface area contributed by atoms with Crippen LogP contribution >= 0.6 is 0 Å². The van der Waals surface area contributed by atoms with Gasteiger partial charge in [-0.15, -0.1) is 0 Å². The Morgan fingerprint density at radius 2 is 1.80 bits per heavy atom. The number of hydrogen-bond acceptors (Lipinski definition) is 4. The minimum absolute atomic E-state index is 0.152. The molecule has 1 aromatic heterocycles. The second kappa shape index (κ2) is 7.85. The van der Waals surface area contributed by atoms with Crippen molar-refractivity contribution in [3.8, 4) is 5.69 Å². The van der Waals surface area contributed by atoms with Crippen molar-refractivity contribution in [2.24, 2.45) is 0 Å². The van der Waals surface area contributed by atoms with Crippen LogP contribution in [0.2, 0.25) is 0 Å². The number of nitrogens with one attached hydrogen (secondary N) is 1. The van der Waals surface area contributed by atoms with Gasteiger partial charge in [0.15, 0.2) is 0 Å². The average molecular weight is 336 g/mol. The molecule has 0 radical (unpaired) electrons. The molecule has 0 aliphatic rings. The van der Waals surface area contributed by atoms with E-state index in [1.807, 2.05) is 43.3 Å². The lowest BCUT2D eigenvalue weighted by Gasteiger charge is -2.18. The molecule has 0 aliphatic carbocycles. The molecular formula is C20H24N4O. The van der Waals surface area contributed by atoms with E-state index in [-0.39, 0.29) is 6.61 Å².